The predicted molar refractivity (Wildman–Crippen MR) is 78.1 cm³/mol. The third kappa shape index (κ3) is 2.82. The molecule has 0 unspecified atom stereocenters. The topological polar surface area (TPSA) is 56.0 Å². The molecule has 1 aliphatic rings. The molecule has 0 radical (unpaired) electrons. The average Bonchev–Trinajstić information content (AvgIpc) is 3.10. The number of carbonyl (C=O) groups is 1. The molecule has 0 amide bonds. The molecule has 1 saturated carbocycles. The first-order valence-electron chi connectivity index (χ1n) is 6.84. The molecular weight excluding hydrogens is 320 g/mol. The molecule has 4 nitrogen and oxygen atoms in total. The van der Waals surface area contributed by atoms with Gasteiger partial charge in [-0.05, 0) is 25.0 Å². The molecule has 20 heavy (non-hydrogen) atoms. The number of Topliss-reactive ketones (excluding diaryl/α,β-unsaturated/α-hetero) is 1. The highest BCUT2D eigenvalue weighted by molar-refractivity contribution is 9.10. The maximum atomic E-state index is 12.1. The lowest BCUT2D eigenvalue weighted by Crippen LogP contribution is -2.13. The molecule has 0 bridgehead atoms. The summed E-state index contributed by atoms with van der Waals surface area (Å²) in [5, 5.41) is 3.96. The van der Waals surface area contributed by atoms with Gasteiger partial charge in [0, 0.05) is 16.0 Å². The maximum absolute atomic E-state index is 12.1. The summed E-state index contributed by atoms with van der Waals surface area (Å²) in [5.41, 5.74) is 0.871. The van der Waals surface area contributed by atoms with Crippen molar-refractivity contribution in [3.63, 3.8) is 0 Å². The van der Waals surface area contributed by atoms with E-state index in [4.69, 9.17) is 4.52 Å². The molecule has 2 aromatic rings. The van der Waals surface area contributed by atoms with Crippen LogP contribution in [0.2, 0.25) is 0 Å². The Kier molecular flexibility index (Phi) is 3.96. The van der Waals surface area contributed by atoms with Gasteiger partial charge in [-0.2, -0.15) is 4.98 Å². The van der Waals surface area contributed by atoms with Crippen molar-refractivity contribution in [3.8, 4) is 11.4 Å². The number of carbonyl (C=O) groups excluding carboxylic acids is 1. The molecule has 0 aliphatic heterocycles. The SMILES string of the molecule is O=C(Cc1nc(-c2ccccc2Br)no1)C1CCCC1. The normalized spacial score (nSPS) is 15.7. The van der Waals surface area contributed by atoms with E-state index in [1.54, 1.807) is 0 Å². The molecule has 0 spiro atoms. The summed E-state index contributed by atoms with van der Waals surface area (Å²) >= 11 is 3.46. The molecule has 1 heterocycles. The van der Waals surface area contributed by atoms with E-state index in [1.807, 2.05) is 24.3 Å². The first kappa shape index (κ1) is 13.5. The van der Waals surface area contributed by atoms with Crippen LogP contribution in [0.15, 0.2) is 33.3 Å². The highest BCUT2D eigenvalue weighted by Gasteiger charge is 2.24. The van der Waals surface area contributed by atoms with Crippen molar-refractivity contribution in [2.75, 3.05) is 0 Å². The Balaban J connectivity index is 1.74. The van der Waals surface area contributed by atoms with Crippen molar-refractivity contribution in [2.45, 2.75) is 32.1 Å². The number of hydrogen-bond acceptors (Lipinski definition) is 4. The zero-order chi connectivity index (χ0) is 13.9. The Labute approximate surface area is 125 Å². The van der Waals surface area contributed by atoms with Crippen molar-refractivity contribution in [2.24, 2.45) is 5.92 Å². The summed E-state index contributed by atoms with van der Waals surface area (Å²) in [6, 6.07) is 7.69. The van der Waals surface area contributed by atoms with E-state index in [-0.39, 0.29) is 18.1 Å². The largest absolute Gasteiger partial charge is 0.338 e. The van der Waals surface area contributed by atoms with Crippen LogP contribution in [0.4, 0.5) is 0 Å². The van der Waals surface area contributed by atoms with Gasteiger partial charge >= 0.3 is 0 Å². The van der Waals surface area contributed by atoms with Crippen molar-refractivity contribution >= 4 is 21.7 Å². The Morgan fingerprint density at radius 2 is 2.05 bits per heavy atom. The van der Waals surface area contributed by atoms with Crippen LogP contribution in [0.3, 0.4) is 0 Å². The first-order chi connectivity index (χ1) is 9.74. The van der Waals surface area contributed by atoms with Gasteiger partial charge in [0.1, 0.15) is 5.78 Å². The van der Waals surface area contributed by atoms with E-state index < -0.39 is 0 Å². The Morgan fingerprint density at radius 1 is 1.30 bits per heavy atom. The Morgan fingerprint density at radius 3 is 2.80 bits per heavy atom. The summed E-state index contributed by atoms with van der Waals surface area (Å²) in [6.07, 6.45) is 4.57. The predicted octanol–water partition coefficient (Wildman–Crippen LogP) is 3.80. The van der Waals surface area contributed by atoms with Gasteiger partial charge in [0.25, 0.3) is 0 Å². The summed E-state index contributed by atoms with van der Waals surface area (Å²) in [6.45, 7) is 0. The molecule has 1 aliphatic carbocycles. The number of benzene rings is 1. The van der Waals surface area contributed by atoms with Gasteiger partial charge in [0.15, 0.2) is 0 Å². The molecule has 0 N–H and O–H groups in total. The summed E-state index contributed by atoms with van der Waals surface area (Å²) < 4.78 is 6.11. The van der Waals surface area contributed by atoms with Crippen LogP contribution in [0.25, 0.3) is 11.4 Å². The lowest BCUT2D eigenvalue weighted by Gasteiger charge is -2.04. The van der Waals surface area contributed by atoms with E-state index in [0.717, 1.165) is 35.7 Å². The molecule has 1 aromatic heterocycles. The second-order valence-electron chi connectivity index (χ2n) is 5.12. The van der Waals surface area contributed by atoms with E-state index >= 15 is 0 Å². The van der Waals surface area contributed by atoms with Crippen LogP contribution in [-0.4, -0.2) is 15.9 Å². The average molecular weight is 335 g/mol. The van der Waals surface area contributed by atoms with Crippen molar-refractivity contribution < 1.29 is 9.32 Å². The number of hydrogen-bond donors (Lipinski definition) is 0. The Bertz CT molecular complexity index is 618. The van der Waals surface area contributed by atoms with Gasteiger partial charge in [-0.15, -0.1) is 0 Å². The van der Waals surface area contributed by atoms with Crippen molar-refractivity contribution in [1.29, 1.82) is 0 Å². The zero-order valence-electron chi connectivity index (χ0n) is 11.0. The minimum atomic E-state index is 0.189. The number of aromatic nitrogens is 2. The van der Waals surface area contributed by atoms with Gasteiger partial charge in [0.2, 0.25) is 11.7 Å². The summed E-state index contributed by atoms with van der Waals surface area (Å²) in [5.74, 6) is 1.35. The van der Waals surface area contributed by atoms with Crippen LogP contribution in [0.1, 0.15) is 31.6 Å². The van der Waals surface area contributed by atoms with Crippen LogP contribution < -0.4 is 0 Å². The number of nitrogens with zero attached hydrogens (tertiary/aromatic N) is 2. The fourth-order valence-corrected chi connectivity index (χ4v) is 3.08. The van der Waals surface area contributed by atoms with Crippen LogP contribution in [0, 0.1) is 5.92 Å². The van der Waals surface area contributed by atoms with E-state index in [1.165, 1.54) is 0 Å². The van der Waals surface area contributed by atoms with Gasteiger partial charge < -0.3 is 4.52 Å². The first-order valence-corrected chi connectivity index (χ1v) is 7.63. The van der Waals surface area contributed by atoms with Gasteiger partial charge in [-0.3, -0.25) is 4.79 Å². The van der Waals surface area contributed by atoms with Gasteiger partial charge in [0.05, 0.1) is 6.42 Å². The third-order valence-electron chi connectivity index (χ3n) is 3.72. The molecule has 0 saturated heterocycles. The smallest absolute Gasteiger partial charge is 0.234 e. The second-order valence-corrected chi connectivity index (χ2v) is 5.97. The minimum Gasteiger partial charge on any atom is -0.338 e. The summed E-state index contributed by atoms with van der Waals surface area (Å²) in [4.78, 5) is 16.4. The van der Waals surface area contributed by atoms with E-state index in [0.29, 0.717) is 11.7 Å². The van der Waals surface area contributed by atoms with E-state index in [2.05, 4.69) is 26.1 Å². The molecule has 1 fully saturated rings. The lowest BCUT2D eigenvalue weighted by atomic mass is 10.0. The zero-order valence-corrected chi connectivity index (χ0v) is 12.6. The second kappa shape index (κ2) is 5.87. The molecule has 5 heteroatoms. The number of ketones is 1. The molecule has 104 valence electrons. The highest BCUT2D eigenvalue weighted by atomic mass is 79.9. The third-order valence-corrected chi connectivity index (χ3v) is 4.41. The van der Waals surface area contributed by atoms with E-state index in [9.17, 15) is 4.79 Å². The molecule has 3 rings (SSSR count). The van der Waals surface area contributed by atoms with Crippen LogP contribution in [-0.2, 0) is 11.2 Å². The van der Waals surface area contributed by atoms with Gasteiger partial charge in [-0.25, -0.2) is 0 Å². The quantitative estimate of drug-likeness (QED) is 0.853. The van der Waals surface area contributed by atoms with Crippen LogP contribution in [0.5, 0.6) is 0 Å². The molecular formula is C15H15BrN2O2. The van der Waals surface area contributed by atoms with Crippen molar-refractivity contribution in [1.82, 2.24) is 10.1 Å². The monoisotopic (exact) mass is 334 g/mol. The molecule has 1 aromatic carbocycles. The van der Waals surface area contributed by atoms with Gasteiger partial charge in [-0.1, -0.05) is 46.1 Å². The Hall–Kier alpha value is -1.49. The summed E-state index contributed by atoms with van der Waals surface area (Å²) in [7, 11) is 0. The minimum absolute atomic E-state index is 0.189. The number of rotatable bonds is 4. The van der Waals surface area contributed by atoms with Crippen molar-refractivity contribution in [3.05, 3.63) is 34.6 Å². The number of halogens is 1. The highest BCUT2D eigenvalue weighted by Crippen LogP contribution is 2.28. The molecule has 0 atom stereocenters. The fourth-order valence-electron chi connectivity index (χ4n) is 2.62. The fraction of sp³-hybridized carbons (Fsp3) is 0.400. The maximum Gasteiger partial charge on any atom is 0.234 e. The lowest BCUT2D eigenvalue weighted by molar-refractivity contribution is -0.122. The standard InChI is InChI=1S/C15H15BrN2O2/c16-12-8-4-3-7-11(12)15-17-14(20-18-15)9-13(19)10-5-1-2-6-10/h3-4,7-8,10H,1-2,5-6,9H2. The van der Waals surface area contributed by atoms with Crippen LogP contribution >= 0.6 is 15.9 Å².